The van der Waals surface area contributed by atoms with Crippen LogP contribution in [0.2, 0.25) is 0 Å². The standard InChI is InChI=1S/C31H41N3O2.C4H10.C2H6/c1-4-5-28-29(23-6-7-23)19-24(20-31(28)36-3)30-18-22(12-15-32-30)21-34-16-13-26(14-17-34)33-25-8-10-27(35-2)11-9-25;1-4(2)3;1-2/h8-12,15,18-20,23,26,30,32-33H,4-7,13-14,16-17,21H2,1-3H3;4H,1-3H3;1-2H3. The number of dihydropyridines is 1. The predicted octanol–water partition coefficient (Wildman–Crippen LogP) is 8.88. The Hall–Kier alpha value is -2.92. The van der Waals surface area contributed by atoms with Crippen molar-refractivity contribution in [1.29, 1.82) is 0 Å². The SMILES string of the molecule is CC.CC(C)C.CCCc1c(OC)cc(C2C=C(CN3CCC(Nc4ccc(OC)cc4)CC3)C=CN2)cc1C1CC1. The second kappa shape index (κ2) is 17.3. The van der Waals surface area contributed by atoms with Gasteiger partial charge in [0.25, 0.3) is 0 Å². The third-order valence-corrected chi connectivity index (χ3v) is 7.77. The number of piperidine rings is 1. The van der Waals surface area contributed by atoms with E-state index in [9.17, 15) is 0 Å². The van der Waals surface area contributed by atoms with Crippen LogP contribution in [0.15, 0.2) is 60.3 Å². The number of nitrogens with zero attached hydrogens (tertiary/aromatic N) is 1. The Bertz CT molecular complexity index is 1120. The molecule has 2 N–H and O–H groups in total. The van der Waals surface area contributed by atoms with Crippen LogP contribution in [-0.4, -0.2) is 44.8 Å². The zero-order valence-corrected chi connectivity index (χ0v) is 27.6. The average molecular weight is 576 g/mol. The molecule has 232 valence electrons. The maximum atomic E-state index is 5.87. The smallest absolute Gasteiger partial charge is 0.122 e. The van der Waals surface area contributed by atoms with E-state index in [0.717, 1.165) is 68.7 Å². The van der Waals surface area contributed by atoms with E-state index in [2.05, 4.69) is 85.8 Å². The minimum atomic E-state index is 0.196. The summed E-state index contributed by atoms with van der Waals surface area (Å²) in [7, 11) is 3.52. The van der Waals surface area contributed by atoms with E-state index in [-0.39, 0.29) is 6.04 Å². The zero-order chi connectivity index (χ0) is 30.5. The summed E-state index contributed by atoms with van der Waals surface area (Å²) in [6, 6.07) is 13.7. The molecule has 0 bridgehead atoms. The first kappa shape index (κ1) is 33.6. The van der Waals surface area contributed by atoms with E-state index in [1.54, 1.807) is 7.11 Å². The summed E-state index contributed by atoms with van der Waals surface area (Å²) >= 11 is 0. The van der Waals surface area contributed by atoms with Crippen LogP contribution in [0.3, 0.4) is 0 Å². The highest BCUT2D eigenvalue weighted by Gasteiger charge is 2.29. The van der Waals surface area contributed by atoms with Crippen molar-refractivity contribution in [1.82, 2.24) is 10.2 Å². The number of rotatable bonds is 10. The van der Waals surface area contributed by atoms with Crippen LogP contribution in [-0.2, 0) is 6.42 Å². The highest BCUT2D eigenvalue weighted by Crippen LogP contribution is 2.45. The van der Waals surface area contributed by atoms with E-state index >= 15 is 0 Å². The normalized spacial score (nSPS) is 18.6. The van der Waals surface area contributed by atoms with Gasteiger partial charge in [-0.25, -0.2) is 0 Å². The van der Waals surface area contributed by atoms with Crippen molar-refractivity contribution in [2.24, 2.45) is 5.92 Å². The lowest BCUT2D eigenvalue weighted by Gasteiger charge is -2.33. The third kappa shape index (κ3) is 10.1. The van der Waals surface area contributed by atoms with Crippen LogP contribution in [0, 0.1) is 5.92 Å². The van der Waals surface area contributed by atoms with Gasteiger partial charge in [0.2, 0.25) is 0 Å². The number of hydrogen-bond acceptors (Lipinski definition) is 5. The van der Waals surface area contributed by atoms with Gasteiger partial charge in [0.15, 0.2) is 0 Å². The van der Waals surface area contributed by atoms with Crippen molar-refractivity contribution in [2.45, 2.75) is 98.1 Å². The van der Waals surface area contributed by atoms with Crippen LogP contribution in [0.5, 0.6) is 11.5 Å². The maximum Gasteiger partial charge on any atom is 0.122 e. The molecule has 1 unspecified atom stereocenters. The zero-order valence-electron chi connectivity index (χ0n) is 27.6. The maximum absolute atomic E-state index is 5.87. The number of nitrogens with one attached hydrogen (secondary N) is 2. The largest absolute Gasteiger partial charge is 0.497 e. The van der Waals surface area contributed by atoms with E-state index in [1.165, 1.54) is 40.8 Å². The minimum Gasteiger partial charge on any atom is -0.497 e. The molecule has 0 radical (unpaired) electrons. The molecule has 0 aromatic heterocycles. The Morgan fingerprint density at radius 1 is 0.952 bits per heavy atom. The fraction of sp³-hybridized carbons (Fsp3) is 0.568. The molecule has 5 nitrogen and oxygen atoms in total. The van der Waals surface area contributed by atoms with E-state index in [0.29, 0.717) is 6.04 Å². The molecule has 5 heteroatoms. The summed E-state index contributed by atoms with van der Waals surface area (Å²) < 4.78 is 11.1. The number of likely N-dealkylation sites (tertiary alicyclic amines) is 1. The number of methoxy groups -OCH3 is 2. The summed E-state index contributed by atoms with van der Waals surface area (Å²) in [6.07, 6.45) is 14.0. The molecule has 2 heterocycles. The van der Waals surface area contributed by atoms with Gasteiger partial charge in [-0.05, 0) is 109 Å². The summed E-state index contributed by atoms with van der Waals surface area (Å²) in [6.45, 7) is 16.0. The predicted molar refractivity (Wildman–Crippen MR) is 180 cm³/mol. The molecular formula is C37H57N3O2. The number of hydrogen-bond donors (Lipinski definition) is 2. The van der Waals surface area contributed by atoms with Crippen molar-refractivity contribution in [2.75, 3.05) is 39.2 Å². The minimum absolute atomic E-state index is 0.196. The molecule has 1 aliphatic carbocycles. The molecule has 2 aromatic carbocycles. The Labute approximate surface area is 256 Å². The van der Waals surface area contributed by atoms with Crippen LogP contribution < -0.4 is 20.1 Å². The molecule has 2 aromatic rings. The first-order valence-corrected chi connectivity index (χ1v) is 16.4. The van der Waals surface area contributed by atoms with Gasteiger partial charge < -0.3 is 20.1 Å². The van der Waals surface area contributed by atoms with Crippen molar-refractivity contribution in [3.8, 4) is 11.5 Å². The first-order valence-electron chi connectivity index (χ1n) is 16.4. The summed E-state index contributed by atoms with van der Waals surface area (Å²) in [5.41, 5.74) is 6.83. The second-order valence-corrected chi connectivity index (χ2v) is 12.2. The first-order chi connectivity index (χ1) is 20.4. The molecular weight excluding hydrogens is 518 g/mol. The van der Waals surface area contributed by atoms with Gasteiger partial charge in [-0.15, -0.1) is 0 Å². The van der Waals surface area contributed by atoms with Crippen LogP contribution >= 0.6 is 0 Å². The van der Waals surface area contributed by atoms with E-state index in [4.69, 9.17) is 9.47 Å². The van der Waals surface area contributed by atoms with Gasteiger partial charge in [-0.3, -0.25) is 4.90 Å². The van der Waals surface area contributed by atoms with Gasteiger partial charge in [0.1, 0.15) is 11.5 Å². The summed E-state index contributed by atoms with van der Waals surface area (Å²) in [5, 5.41) is 7.28. The van der Waals surface area contributed by atoms with Crippen molar-refractivity contribution < 1.29 is 9.47 Å². The Balaban J connectivity index is 0.000000745. The molecule has 42 heavy (non-hydrogen) atoms. The Kier molecular flexibility index (Phi) is 13.8. The molecule has 0 amide bonds. The number of anilines is 1. The third-order valence-electron chi connectivity index (χ3n) is 7.77. The molecule has 1 saturated carbocycles. The van der Waals surface area contributed by atoms with Gasteiger partial charge >= 0.3 is 0 Å². The number of benzene rings is 2. The van der Waals surface area contributed by atoms with Gasteiger partial charge in [-0.2, -0.15) is 0 Å². The lowest BCUT2D eigenvalue weighted by molar-refractivity contribution is 0.236. The van der Waals surface area contributed by atoms with Crippen molar-refractivity contribution in [3.05, 3.63) is 77.0 Å². The van der Waals surface area contributed by atoms with Crippen LogP contribution in [0.4, 0.5) is 5.69 Å². The average Bonchev–Trinajstić information content (AvgIpc) is 3.85. The fourth-order valence-electron chi connectivity index (χ4n) is 5.62. The molecule has 5 rings (SSSR count). The second-order valence-electron chi connectivity index (χ2n) is 12.2. The quantitative estimate of drug-likeness (QED) is 0.296. The topological polar surface area (TPSA) is 45.8 Å². The molecule has 2 fully saturated rings. The molecule has 1 saturated heterocycles. The summed E-state index contributed by atoms with van der Waals surface area (Å²) in [4.78, 5) is 2.59. The molecule has 2 aliphatic heterocycles. The highest BCUT2D eigenvalue weighted by atomic mass is 16.5. The highest BCUT2D eigenvalue weighted by molar-refractivity contribution is 5.50. The van der Waals surface area contributed by atoms with Crippen molar-refractivity contribution >= 4 is 5.69 Å². The Morgan fingerprint density at radius 2 is 1.62 bits per heavy atom. The molecule has 1 atom stereocenters. The van der Waals surface area contributed by atoms with Gasteiger partial charge in [-0.1, -0.05) is 60.1 Å². The molecule has 0 spiro atoms. The van der Waals surface area contributed by atoms with Crippen molar-refractivity contribution in [3.63, 3.8) is 0 Å². The fourth-order valence-corrected chi connectivity index (χ4v) is 5.62. The van der Waals surface area contributed by atoms with Gasteiger partial charge in [0.05, 0.1) is 20.3 Å². The lowest BCUT2D eigenvalue weighted by Crippen LogP contribution is -2.40. The van der Waals surface area contributed by atoms with Crippen LogP contribution in [0.1, 0.15) is 102 Å². The Morgan fingerprint density at radius 3 is 2.19 bits per heavy atom. The van der Waals surface area contributed by atoms with Gasteiger partial charge in [0, 0.05) is 31.4 Å². The number of ether oxygens (including phenoxy) is 2. The van der Waals surface area contributed by atoms with E-state index in [1.807, 2.05) is 33.1 Å². The monoisotopic (exact) mass is 575 g/mol. The lowest BCUT2D eigenvalue weighted by atomic mass is 9.92. The van der Waals surface area contributed by atoms with Crippen LogP contribution in [0.25, 0.3) is 0 Å². The summed E-state index contributed by atoms with van der Waals surface area (Å²) in [5.74, 6) is 3.51. The van der Waals surface area contributed by atoms with E-state index < -0.39 is 0 Å². The molecule has 3 aliphatic rings.